The van der Waals surface area contributed by atoms with Gasteiger partial charge < -0.3 is 5.32 Å². The molecule has 0 saturated heterocycles. The highest BCUT2D eigenvalue weighted by atomic mass is 14.9. The van der Waals surface area contributed by atoms with Crippen LogP contribution in [-0.4, -0.2) is 7.05 Å². The van der Waals surface area contributed by atoms with Gasteiger partial charge >= 0.3 is 0 Å². The lowest BCUT2D eigenvalue weighted by atomic mass is 9.95. The molecule has 1 unspecified atom stereocenters. The van der Waals surface area contributed by atoms with Crippen LogP contribution in [0, 0.1) is 12.8 Å². The fourth-order valence-electron chi connectivity index (χ4n) is 1.93. The second kappa shape index (κ2) is 5.92. The SMILES string of the molecule is CNC(CCC(C)C)c1ccccc1C. The van der Waals surface area contributed by atoms with Gasteiger partial charge in [0.2, 0.25) is 0 Å². The van der Waals surface area contributed by atoms with E-state index in [0.717, 1.165) is 5.92 Å². The average Bonchev–Trinajstić information content (AvgIpc) is 2.21. The second-order valence-corrected chi connectivity index (χ2v) is 4.67. The summed E-state index contributed by atoms with van der Waals surface area (Å²) in [4.78, 5) is 0. The van der Waals surface area contributed by atoms with Crippen LogP contribution in [0.15, 0.2) is 24.3 Å². The zero-order valence-electron chi connectivity index (χ0n) is 10.4. The topological polar surface area (TPSA) is 12.0 Å². The van der Waals surface area contributed by atoms with Gasteiger partial charge in [-0.2, -0.15) is 0 Å². The van der Waals surface area contributed by atoms with Crippen LogP contribution >= 0.6 is 0 Å². The molecule has 0 aliphatic heterocycles. The molecule has 15 heavy (non-hydrogen) atoms. The van der Waals surface area contributed by atoms with E-state index in [1.807, 2.05) is 0 Å². The predicted octanol–water partition coefficient (Wildman–Crippen LogP) is 3.69. The number of benzene rings is 1. The third-order valence-electron chi connectivity index (χ3n) is 2.95. The molecular weight excluding hydrogens is 182 g/mol. The Morgan fingerprint density at radius 3 is 2.33 bits per heavy atom. The minimum Gasteiger partial charge on any atom is -0.313 e. The molecule has 0 aliphatic carbocycles. The first-order valence-electron chi connectivity index (χ1n) is 5.88. The molecule has 1 rings (SSSR count). The zero-order chi connectivity index (χ0) is 11.3. The summed E-state index contributed by atoms with van der Waals surface area (Å²) in [5.74, 6) is 0.782. The van der Waals surface area contributed by atoms with Gasteiger partial charge in [0, 0.05) is 6.04 Å². The summed E-state index contributed by atoms with van der Waals surface area (Å²) < 4.78 is 0. The van der Waals surface area contributed by atoms with Crippen LogP contribution in [0.2, 0.25) is 0 Å². The van der Waals surface area contributed by atoms with Crippen LogP contribution in [0.5, 0.6) is 0 Å². The van der Waals surface area contributed by atoms with Crippen LogP contribution in [-0.2, 0) is 0 Å². The Bertz CT molecular complexity index is 291. The quantitative estimate of drug-likeness (QED) is 0.773. The van der Waals surface area contributed by atoms with Gasteiger partial charge in [0.1, 0.15) is 0 Å². The van der Waals surface area contributed by atoms with Crippen molar-refractivity contribution in [2.75, 3.05) is 7.05 Å². The first kappa shape index (κ1) is 12.3. The van der Waals surface area contributed by atoms with Crippen molar-refractivity contribution in [3.8, 4) is 0 Å². The Labute approximate surface area is 93.9 Å². The fraction of sp³-hybridized carbons (Fsp3) is 0.571. The Kier molecular flexibility index (Phi) is 4.83. The Balaban J connectivity index is 2.70. The minimum atomic E-state index is 0.508. The minimum absolute atomic E-state index is 0.508. The molecule has 1 aromatic rings. The maximum absolute atomic E-state index is 3.41. The van der Waals surface area contributed by atoms with E-state index >= 15 is 0 Å². The van der Waals surface area contributed by atoms with Gasteiger partial charge in [0.15, 0.2) is 0 Å². The summed E-state index contributed by atoms with van der Waals surface area (Å²) in [6, 6.07) is 9.16. The van der Waals surface area contributed by atoms with Gasteiger partial charge in [-0.3, -0.25) is 0 Å². The van der Waals surface area contributed by atoms with Gasteiger partial charge in [0.25, 0.3) is 0 Å². The molecule has 0 amide bonds. The summed E-state index contributed by atoms with van der Waals surface area (Å²) in [7, 11) is 2.05. The summed E-state index contributed by atoms with van der Waals surface area (Å²) in [6.45, 7) is 6.75. The zero-order valence-corrected chi connectivity index (χ0v) is 10.4. The highest BCUT2D eigenvalue weighted by Crippen LogP contribution is 2.23. The van der Waals surface area contributed by atoms with Crippen molar-refractivity contribution < 1.29 is 0 Å². The van der Waals surface area contributed by atoms with E-state index in [-0.39, 0.29) is 0 Å². The van der Waals surface area contributed by atoms with Gasteiger partial charge in [-0.1, -0.05) is 38.1 Å². The van der Waals surface area contributed by atoms with Crippen molar-refractivity contribution in [2.24, 2.45) is 5.92 Å². The first-order valence-corrected chi connectivity index (χ1v) is 5.88. The molecule has 1 N–H and O–H groups in total. The molecule has 1 atom stereocenters. The van der Waals surface area contributed by atoms with E-state index in [1.54, 1.807) is 0 Å². The van der Waals surface area contributed by atoms with Crippen molar-refractivity contribution in [1.29, 1.82) is 0 Å². The lowest BCUT2D eigenvalue weighted by Crippen LogP contribution is -2.17. The smallest absolute Gasteiger partial charge is 0.0320 e. The maximum atomic E-state index is 3.41. The van der Waals surface area contributed by atoms with Crippen LogP contribution in [0.1, 0.15) is 43.9 Å². The van der Waals surface area contributed by atoms with E-state index < -0.39 is 0 Å². The third kappa shape index (κ3) is 3.67. The normalized spacial score (nSPS) is 13.1. The van der Waals surface area contributed by atoms with E-state index in [4.69, 9.17) is 0 Å². The van der Waals surface area contributed by atoms with Crippen molar-refractivity contribution in [3.63, 3.8) is 0 Å². The fourth-order valence-corrected chi connectivity index (χ4v) is 1.93. The van der Waals surface area contributed by atoms with Crippen molar-refractivity contribution >= 4 is 0 Å². The largest absolute Gasteiger partial charge is 0.313 e. The Morgan fingerprint density at radius 2 is 1.80 bits per heavy atom. The molecule has 1 heteroatoms. The van der Waals surface area contributed by atoms with Crippen molar-refractivity contribution in [3.05, 3.63) is 35.4 Å². The van der Waals surface area contributed by atoms with Crippen molar-refractivity contribution in [2.45, 2.75) is 39.7 Å². The molecule has 1 nitrogen and oxygen atoms in total. The first-order chi connectivity index (χ1) is 7.15. The molecule has 0 fully saturated rings. The molecule has 0 aliphatic rings. The van der Waals surface area contributed by atoms with Gasteiger partial charge in [-0.25, -0.2) is 0 Å². The highest BCUT2D eigenvalue weighted by Gasteiger charge is 2.11. The lowest BCUT2D eigenvalue weighted by molar-refractivity contribution is 0.464. The molecule has 0 spiro atoms. The summed E-state index contributed by atoms with van der Waals surface area (Å²) >= 11 is 0. The maximum Gasteiger partial charge on any atom is 0.0320 e. The number of hydrogen-bond acceptors (Lipinski definition) is 1. The van der Waals surface area contributed by atoms with Gasteiger partial charge in [-0.05, 0) is 43.9 Å². The monoisotopic (exact) mass is 205 g/mol. The van der Waals surface area contributed by atoms with Crippen LogP contribution < -0.4 is 5.32 Å². The molecule has 0 bridgehead atoms. The van der Waals surface area contributed by atoms with Crippen LogP contribution in [0.3, 0.4) is 0 Å². The molecule has 0 heterocycles. The number of aryl methyl sites for hydroxylation is 1. The van der Waals surface area contributed by atoms with Crippen LogP contribution in [0.4, 0.5) is 0 Å². The van der Waals surface area contributed by atoms with Gasteiger partial charge in [0.05, 0.1) is 0 Å². The number of nitrogens with one attached hydrogen (secondary N) is 1. The molecule has 84 valence electrons. The third-order valence-corrected chi connectivity index (χ3v) is 2.95. The number of rotatable bonds is 5. The molecule has 1 aromatic carbocycles. The van der Waals surface area contributed by atoms with E-state index in [9.17, 15) is 0 Å². The van der Waals surface area contributed by atoms with E-state index in [0.29, 0.717) is 6.04 Å². The van der Waals surface area contributed by atoms with Crippen molar-refractivity contribution in [1.82, 2.24) is 5.32 Å². The Morgan fingerprint density at radius 1 is 1.13 bits per heavy atom. The molecule has 0 radical (unpaired) electrons. The molecular formula is C14H23N. The standard InChI is InChI=1S/C14H23N/c1-11(2)9-10-14(15-4)13-8-6-5-7-12(13)3/h5-8,11,14-15H,9-10H2,1-4H3. The summed E-state index contributed by atoms with van der Waals surface area (Å²) in [5, 5.41) is 3.41. The molecule has 0 saturated carbocycles. The lowest BCUT2D eigenvalue weighted by Gasteiger charge is -2.19. The number of hydrogen-bond donors (Lipinski definition) is 1. The summed E-state index contributed by atoms with van der Waals surface area (Å²) in [6.07, 6.45) is 2.50. The predicted molar refractivity (Wildman–Crippen MR) is 67.1 cm³/mol. The summed E-state index contributed by atoms with van der Waals surface area (Å²) in [5.41, 5.74) is 2.83. The highest BCUT2D eigenvalue weighted by molar-refractivity contribution is 5.28. The van der Waals surface area contributed by atoms with Crippen LogP contribution in [0.25, 0.3) is 0 Å². The Hall–Kier alpha value is -0.820. The second-order valence-electron chi connectivity index (χ2n) is 4.67. The van der Waals surface area contributed by atoms with E-state index in [2.05, 4.69) is 57.4 Å². The van der Waals surface area contributed by atoms with E-state index in [1.165, 1.54) is 24.0 Å². The average molecular weight is 205 g/mol. The molecule has 0 aromatic heterocycles. The van der Waals surface area contributed by atoms with Gasteiger partial charge in [-0.15, -0.1) is 0 Å².